The number of nitrogens with zero attached hydrogens (tertiary/aromatic N) is 3. The predicted molar refractivity (Wildman–Crippen MR) is 88.2 cm³/mol. The van der Waals surface area contributed by atoms with Crippen molar-refractivity contribution < 1.29 is 4.52 Å². The molecule has 5 heteroatoms. The first-order valence-electron chi connectivity index (χ1n) is 7.46. The molecule has 0 spiro atoms. The third-order valence-corrected chi connectivity index (χ3v) is 4.01. The van der Waals surface area contributed by atoms with Crippen LogP contribution in [0.1, 0.15) is 55.4 Å². The molecular formula is C15H32N3OP. The zero-order valence-corrected chi connectivity index (χ0v) is 15.5. The Morgan fingerprint density at radius 3 is 1.55 bits per heavy atom. The molecule has 0 aromatic rings. The molecule has 0 saturated carbocycles. The maximum Gasteiger partial charge on any atom is 0.226 e. The Labute approximate surface area is 127 Å². The van der Waals surface area contributed by atoms with E-state index in [4.69, 9.17) is 4.52 Å². The van der Waals surface area contributed by atoms with Gasteiger partial charge < -0.3 is 4.52 Å². The van der Waals surface area contributed by atoms with Gasteiger partial charge in [-0.3, -0.25) is 9.80 Å². The van der Waals surface area contributed by atoms with E-state index in [1.807, 2.05) is 0 Å². The summed E-state index contributed by atoms with van der Waals surface area (Å²) in [4.78, 5) is 4.43. The highest BCUT2D eigenvalue weighted by atomic mass is 31.0. The first-order valence-corrected chi connectivity index (χ1v) is 7.93. The zero-order chi connectivity index (χ0) is 16.1. The molecule has 0 aliphatic rings. The van der Waals surface area contributed by atoms with Crippen molar-refractivity contribution in [1.29, 1.82) is 5.26 Å². The van der Waals surface area contributed by atoms with Gasteiger partial charge in [0.15, 0.2) is 0 Å². The fourth-order valence-corrected chi connectivity index (χ4v) is 3.19. The molecule has 0 amide bonds. The summed E-state index contributed by atoms with van der Waals surface area (Å²) in [5.74, 6) is 0. The van der Waals surface area contributed by atoms with Gasteiger partial charge in [0.1, 0.15) is 6.07 Å². The van der Waals surface area contributed by atoms with Crippen molar-refractivity contribution in [3.8, 4) is 6.07 Å². The van der Waals surface area contributed by atoms with Gasteiger partial charge >= 0.3 is 0 Å². The van der Waals surface area contributed by atoms with Gasteiger partial charge in [-0.1, -0.05) is 0 Å². The Morgan fingerprint density at radius 2 is 1.35 bits per heavy atom. The zero-order valence-electron chi connectivity index (χ0n) is 14.3. The van der Waals surface area contributed by atoms with E-state index in [0.29, 0.717) is 18.6 Å². The Balaban J connectivity index is 5.54. The molecule has 2 atom stereocenters. The highest BCUT2D eigenvalue weighted by Gasteiger charge is 2.43. The second kappa shape index (κ2) is 8.29. The van der Waals surface area contributed by atoms with Gasteiger partial charge in [-0.25, -0.2) is 0 Å². The summed E-state index contributed by atoms with van der Waals surface area (Å²) in [6.07, 6.45) is 0. The van der Waals surface area contributed by atoms with E-state index in [1.165, 1.54) is 0 Å². The van der Waals surface area contributed by atoms with Crippen LogP contribution in [0.25, 0.3) is 0 Å². The van der Waals surface area contributed by atoms with Crippen molar-refractivity contribution in [3.05, 3.63) is 0 Å². The van der Waals surface area contributed by atoms with Crippen LogP contribution >= 0.6 is 9.47 Å². The molecule has 0 rings (SSSR count). The van der Waals surface area contributed by atoms with Crippen LogP contribution in [0.4, 0.5) is 0 Å². The lowest BCUT2D eigenvalue weighted by Gasteiger charge is -2.46. The minimum atomic E-state index is -0.943. The SMILES string of the molecule is CC(C)N(CC(C#N)(OP)N(C(C)C)C(C)C)C(C)C. The molecule has 0 heterocycles. The molecule has 0 aliphatic carbocycles. The normalized spacial score (nSPS) is 15.7. The Bertz CT molecular complexity index is 310. The second-order valence-electron chi connectivity index (χ2n) is 6.47. The fraction of sp³-hybridized carbons (Fsp3) is 0.933. The molecule has 2 unspecified atom stereocenters. The Kier molecular flexibility index (Phi) is 8.21. The number of hydrogen-bond acceptors (Lipinski definition) is 4. The average Bonchev–Trinajstić information content (AvgIpc) is 2.32. The van der Waals surface area contributed by atoms with Crippen molar-refractivity contribution in [2.24, 2.45) is 0 Å². The van der Waals surface area contributed by atoms with Crippen LogP contribution in [0.15, 0.2) is 0 Å². The van der Waals surface area contributed by atoms with Crippen molar-refractivity contribution in [3.63, 3.8) is 0 Å². The number of hydrogen-bond donors (Lipinski definition) is 0. The Morgan fingerprint density at radius 1 is 0.950 bits per heavy atom. The highest BCUT2D eigenvalue weighted by Crippen LogP contribution is 2.28. The van der Waals surface area contributed by atoms with Crippen molar-refractivity contribution in [2.75, 3.05) is 6.54 Å². The molecule has 0 fully saturated rings. The largest absolute Gasteiger partial charge is 0.330 e. The lowest BCUT2D eigenvalue weighted by molar-refractivity contribution is -0.0924. The highest BCUT2D eigenvalue weighted by molar-refractivity contribution is 7.09. The van der Waals surface area contributed by atoms with E-state index in [2.05, 4.69) is 80.7 Å². The topological polar surface area (TPSA) is 39.5 Å². The molecule has 0 aliphatic heterocycles. The third kappa shape index (κ3) is 4.67. The van der Waals surface area contributed by atoms with Crippen LogP contribution in [-0.2, 0) is 4.52 Å². The molecule has 118 valence electrons. The maximum atomic E-state index is 9.80. The monoisotopic (exact) mass is 301 g/mol. The van der Waals surface area contributed by atoms with Crippen molar-refractivity contribution in [1.82, 2.24) is 9.80 Å². The van der Waals surface area contributed by atoms with E-state index in [-0.39, 0.29) is 12.1 Å². The third-order valence-electron chi connectivity index (χ3n) is 3.62. The van der Waals surface area contributed by atoms with Gasteiger partial charge in [0.05, 0.1) is 6.54 Å². The van der Waals surface area contributed by atoms with Crippen LogP contribution < -0.4 is 0 Å². The summed E-state index contributed by atoms with van der Waals surface area (Å²) in [6, 6.07) is 3.60. The lowest BCUT2D eigenvalue weighted by Crippen LogP contribution is -2.61. The summed E-state index contributed by atoms with van der Waals surface area (Å²) in [5.41, 5.74) is -0.943. The summed E-state index contributed by atoms with van der Waals surface area (Å²) in [7, 11) is 2.29. The van der Waals surface area contributed by atoms with E-state index in [9.17, 15) is 5.26 Å². The first kappa shape index (κ1) is 19.8. The Hall–Kier alpha value is -0.200. The second-order valence-corrected chi connectivity index (χ2v) is 6.70. The minimum absolute atomic E-state index is 0.233. The smallest absolute Gasteiger partial charge is 0.226 e. The minimum Gasteiger partial charge on any atom is -0.330 e. The van der Waals surface area contributed by atoms with Gasteiger partial charge in [-0.15, -0.1) is 0 Å². The van der Waals surface area contributed by atoms with Gasteiger partial charge in [-0.05, 0) is 55.4 Å². The van der Waals surface area contributed by atoms with E-state index in [1.54, 1.807) is 0 Å². The van der Waals surface area contributed by atoms with Gasteiger partial charge in [0, 0.05) is 33.6 Å². The van der Waals surface area contributed by atoms with Crippen LogP contribution in [0.2, 0.25) is 0 Å². The molecule has 20 heavy (non-hydrogen) atoms. The van der Waals surface area contributed by atoms with Gasteiger partial charge in [-0.2, -0.15) is 5.26 Å². The molecule has 0 bridgehead atoms. The number of rotatable bonds is 8. The van der Waals surface area contributed by atoms with Gasteiger partial charge in [0.2, 0.25) is 5.72 Å². The quantitative estimate of drug-likeness (QED) is 0.509. The fourth-order valence-electron chi connectivity index (χ4n) is 2.94. The van der Waals surface area contributed by atoms with Crippen LogP contribution in [0, 0.1) is 11.3 Å². The molecule has 0 aromatic heterocycles. The molecule has 0 saturated heterocycles. The maximum absolute atomic E-state index is 9.80. The molecule has 0 radical (unpaired) electrons. The van der Waals surface area contributed by atoms with Crippen molar-refractivity contribution >= 4 is 9.47 Å². The van der Waals surface area contributed by atoms with Gasteiger partial charge in [0.25, 0.3) is 0 Å². The predicted octanol–water partition coefficient (Wildman–Crippen LogP) is 3.25. The van der Waals surface area contributed by atoms with E-state index in [0.717, 1.165) is 0 Å². The standard InChI is InChI=1S/C15H32N3OP/c1-11(2)17(12(3)4)10-15(9-16,19-20)18(13(5)6)14(7)8/h11-14H,10,20H2,1-8H3. The van der Waals surface area contributed by atoms with E-state index >= 15 is 0 Å². The van der Waals surface area contributed by atoms with Crippen LogP contribution in [0.3, 0.4) is 0 Å². The lowest BCUT2D eigenvalue weighted by atomic mass is 10.1. The molecule has 0 aromatic carbocycles. The summed E-state index contributed by atoms with van der Waals surface area (Å²) in [6.45, 7) is 17.6. The number of nitriles is 1. The molecule has 4 nitrogen and oxygen atoms in total. The molecular weight excluding hydrogens is 269 g/mol. The molecule has 0 N–H and O–H groups in total. The average molecular weight is 301 g/mol. The first-order chi connectivity index (χ1) is 9.12. The summed E-state index contributed by atoms with van der Waals surface area (Å²) in [5, 5.41) is 9.80. The van der Waals surface area contributed by atoms with E-state index < -0.39 is 5.72 Å². The van der Waals surface area contributed by atoms with Crippen LogP contribution in [-0.4, -0.2) is 46.2 Å². The van der Waals surface area contributed by atoms with Crippen LogP contribution in [0.5, 0.6) is 0 Å². The summed E-state index contributed by atoms with van der Waals surface area (Å²) >= 11 is 0. The summed E-state index contributed by atoms with van der Waals surface area (Å²) < 4.78 is 5.64. The van der Waals surface area contributed by atoms with Crippen molar-refractivity contribution in [2.45, 2.75) is 85.3 Å².